The normalized spacial score (nSPS) is 12.3. The van der Waals surface area contributed by atoms with Gasteiger partial charge >= 0.3 is 18.5 Å². The first-order valence-electron chi connectivity index (χ1n) is 4.98. The molecule has 20 heavy (non-hydrogen) atoms. The fourth-order valence-electron chi connectivity index (χ4n) is 1.20. The van der Waals surface area contributed by atoms with Crippen LogP contribution in [0, 0.1) is 11.3 Å². The Hall–Kier alpha value is -1.98. The van der Waals surface area contributed by atoms with Crippen molar-refractivity contribution in [2.24, 2.45) is 0 Å². The SMILES string of the molecule is N#Cc1cc(OCC(F)(F)C(F)F)ccc1C(F)(F)F. The maximum atomic E-state index is 12.6. The molecule has 0 saturated heterocycles. The molecule has 0 atom stereocenters. The lowest BCUT2D eigenvalue weighted by atomic mass is 10.1. The molecule has 0 unspecified atom stereocenters. The molecule has 9 heteroatoms. The number of rotatable bonds is 4. The molecule has 0 saturated carbocycles. The van der Waals surface area contributed by atoms with Crippen molar-refractivity contribution in [1.82, 2.24) is 0 Å². The van der Waals surface area contributed by atoms with Crippen LogP contribution in [0.25, 0.3) is 0 Å². The van der Waals surface area contributed by atoms with Crippen LogP contribution in [0.3, 0.4) is 0 Å². The summed E-state index contributed by atoms with van der Waals surface area (Å²) < 4.78 is 90.4. The summed E-state index contributed by atoms with van der Waals surface area (Å²) in [5, 5.41) is 8.55. The first-order chi connectivity index (χ1) is 9.08. The first-order valence-corrected chi connectivity index (χ1v) is 4.98. The molecule has 0 aliphatic carbocycles. The minimum absolute atomic E-state index is 0.453. The Balaban J connectivity index is 2.93. The lowest BCUT2D eigenvalue weighted by Crippen LogP contribution is -2.33. The molecule has 0 fully saturated rings. The molecular weight excluding hydrogens is 295 g/mol. The molecule has 110 valence electrons. The fraction of sp³-hybridized carbons (Fsp3) is 0.364. The summed E-state index contributed by atoms with van der Waals surface area (Å²) in [7, 11) is 0. The molecule has 0 aliphatic heterocycles. The van der Waals surface area contributed by atoms with Gasteiger partial charge < -0.3 is 4.74 Å². The van der Waals surface area contributed by atoms with Crippen LogP contribution in [0.5, 0.6) is 5.75 Å². The lowest BCUT2D eigenvalue weighted by molar-refractivity contribution is -0.148. The van der Waals surface area contributed by atoms with E-state index in [4.69, 9.17) is 5.26 Å². The molecule has 1 aromatic carbocycles. The van der Waals surface area contributed by atoms with Crippen LogP contribution in [0.2, 0.25) is 0 Å². The number of alkyl halides is 7. The van der Waals surface area contributed by atoms with Crippen molar-refractivity contribution in [3.8, 4) is 11.8 Å². The summed E-state index contributed by atoms with van der Waals surface area (Å²) >= 11 is 0. The highest BCUT2D eigenvalue weighted by Crippen LogP contribution is 2.34. The quantitative estimate of drug-likeness (QED) is 0.791. The van der Waals surface area contributed by atoms with Gasteiger partial charge in [-0.25, -0.2) is 8.78 Å². The van der Waals surface area contributed by atoms with Crippen LogP contribution in [-0.2, 0) is 6.18 Å². The summed E-state index contributed by atoms with van der Waals surface area (Å²) in [6, 6.07) is 2.91. The zero-order valence-corrected chi connectivity index (χ0v) is 9.52. The second-order valence-electron chi connectivity index (χ2n) is 3.67. The van der Waals surface area contributed by atoms with Gasteiger partial charge in [0.25, 0.3) is 0 Å². The van der Waals surface area contributed by atoms with E-state index >= 15 is 0 Å². The average molecular weight is 301 g/mol. The smallest absolute Gasteiger partial charge is 0.417 e. The third-order valence-corrected chi connectivity index (χ3v) is 2.17. The van der Waals surface area contributed by atoms with Crippen LogP contribution < -0.4 is 4.74 Å². The summed E-state index contributed by atoms with van der Waals surface area (Å²) in [6.45, 7) is -1.71. The number of benzene rings is 1. The molecule has 0 spiro atoms. The Morgan fingerprint density at radius 3 is 2.20 bits per heavy atom. The van der Waals surface area contributed by atoms with Crippen molar-refractivity contribution >= 4 is 0 Å². The van der Waals surface area contributed by atoms with E-state index in [0.717, 1.165) is 0 Å². The minimum Gasteiger partial charge on any atom is -0.487 e. The second-order valence-corrected chi connectivity index (χ2v) is 3.67. The van der Waals surface area contributed by atoms with Gasteiger partial charge in [0.05, 0.1) is 17.2 Å². The van der Waals surface area contributed by atoms with Crippen molar-refractivity contribution in [2.75, 3.05) is 6.61 Å². The third-order valence-electron chi connectivity index (χ3n) is 2.17. The van der Waals surface area contributed by atoms with Gasteiger partial charge in [-0.3, -0.25) is 0 Å². The molecule has 0 bridgehead atoms. The van der Waals surface area contributed by atoms with Gasteiger partial charge in [0, 0.05) is 0 Å². The molecular formula is C11H6F7NO. The van der Waals surface area contributed by atoms with E-state index in [0.29, 0.717) is 18.2 Å². The topological polar surface area (TPSA) is 33.0 Å². The lowest BCUT2D eigenvalue weighted by Gasteiger charge is -2.16. The van der Waals surface area contributed by atoms with Crippen LogP contribution in [0.15, 0.2) is 18.2 Å². The maximum absolute atomic E-state index is 12.6. The van der Waals surface area contributed by atoms with Crippen molar-refractivity contribution < 1.29 is 35.5 Å². The Morgan fingerprint density at radius 2 is 1.75 bits per heavy atom. The zero-order chi connectivity index (χ0) is 15.6. The summed E-state index contributed by atoms with van der Waals surface area (Å²) in [6.07, 6.45) is -8.76. The molecule has 0 N–H and O–H groups in total. The van der Waals surface area contributed by atoms with Gasteiger partial charge in [-0.2, -0.15) is 27.2 Å². The van der Waals surface area contributed by atoms with Gasteiger partial charge in [-0.15, -0.1) is 0 Å². The molecule has 1 aromatic rings. The van der Waals surface area contributed by atoms with E-state index in [-0.39, 0.29) is 0 Å². The third kappa shape index (κ3) is 3.76. The monoisotopic (exact) mass is 301 g/mol. The van der Waals surface area contributed by atoms with E-state index < -0.39 is 42.0 Å². The van der Waals surface area contributed by atoms with E-state index in [1.165, 1.54) is 6.07 Å². The highest BCUT2D eigenvalue weighted by atomic mass is 19.4. The second kappa shape index (κ2) is 5.56. The molecule has 0 radical (unpaired) electrons. The van der Waals surface area contributed by atoms with E-state index in [2.05, 4.69) is 4.74 Å². The molecule has 0 heterocycles. The number of hydrogen-bond donors (Lipinski definition) is 0. The van der Waals surface area contributed by atoms with Crippen LogP contribution in [0.4, 0.5) is 30.7 Å². The number of nitriles is 1. The highest BCUT2D eigenvalue weighted by molar-refractivity contribution is 5.44. The fourth-order valence-corrected chi connectivity index (χ4v) is 1.20. The van der Waals surface area contributed by atoms with Crippen LogP contribution >= 0.6 is 0 Å². The minimum atomic E-state index is -4.80. The predicted molar refractivity (Wildman–Crippen MR) is 52.6 cm³/mol. The molecule has 2 nitrogen and oxygen atoms in total. The standard InChI is InChI=1S/C11H6F7NO/c12-9(13)10(14,15)5-20-7-1-2-8(11(16,17)18)6(3-7)4-19/h1-3,9H,5H2. The van der Waals surface area contributed by atoms with Gasteiger partial charge in [0.15, 0.2) is 6.61 Å². The Morgan fingerprint density at radius 1 is 1.15 bits per heavy atom. The van der Waals surface area contributed by atoms with E-state index in [1.807, 2.05) is 0 Å². The zero-order valence-electron chi connectivity index (χ0n) is 9.52. The number of nitrogens with zero attached hydrogens (tertiary/aromatic N) is 1. The predicted octanol–water partition coefficient (Wildman–Crippen LogP) is 3.86. The largest absolute Gasteiger partial charge is 0.487 e. The average Bonchev–Trinajstić information content (AvgIpc) is 2.34. The molecule has 0 aromatic heterocycles. The first kappa shape index (κ1) is 16.1. The summed E-state index contributed by atoms with van der Waals surface area (Å²) in [5.74, 6) is -4.97. The van der Waals surface area contributed by atoms with Crippen LogP contribution in [0.1, 0.15) is 11.1 Å². The van der Waals surface area contributed by atoms with E-state index in [1.54, 1.807) is 0 Å². The van der Waals surface area contributed by atoms with Gasteiger partial charge in [-0.1, -0.05) is 0 Å². The number of hydrogen-bond acceptors (Lipinski definition) is 2. The van der Waals surface area contributed by atoms with Crippen molar-refractivity contribution in [2.45, 2.75) is 18.5 Å². The van der Waals surface area contributed by atoms with Crippen molar-refractivity contribution in [3.05, 3.63) is 29.3 Å². The van der Waals surface area contributed by atoms with Crippen molar-refractivity contribution in [1.29, 1.82) is 5.26 Å². The summed E-state index contributed by atoms with van der Waals surface area (Å²) in [4.78, 5) is 0. The van der Waals surface area contributed by atoms with Gasteiger partial charge in [-0.05, 0) is 18.2 Å². The number of halogens is 7. The Kier molecular flexibility index (Phi) is 4.47. The van der Waals surface area contributed by atoms with Gasteiger partial charge in [0.2, 0.25) is 0 Å². The molecule has 0 aliphatic rings. The van der Waals surface area contributed by atoms with Gasteiger partial charge in [0.1, 0.15) is 5.75 Å². The van der Waals surface area contributed by atoms with E-state index in [9.17, 15) is 30.7 Å². The van der Waals surface area contributed by atoms with Crippen LogP contribution in [-0.4, -0.2) is 19.0 Å². The highest BCUT2D eigenvalue weighted by Gasteiger charge is 2.42. The van der Waals surface area contributed by atoms with Crippen molar-refractivity contribution in [3.63, 3.8) is 0 Å². The molecule has 0 amide bonds. The number of ether oxygens (including phenoxy) is 1. The Labute approximate surface area is 108 Å². The maximum Gasteiger partial charge on any atom is 0.417 e. The molecule has 1 rings (SSSR count). The summed E-state index contributed by atoms with van der Waals surface area (Å²) in [5.41, 5.74) is -2.12. The Bertz CT molecular complexity index is 518.